The average Bonchev–Trinajstić information content (AvgIpc) is 2.12. The summed E-state index contributed by atoms with van der Waals surface area (Å²) >= 11 is 0. The van der Waals surface area contributed by atoms with Crippen LogP contribution in [0.25, 0.3) is 0 Å². The number of nitrogens with zero attached hydrogens (tertiary/aromatic N) is 1. The van der Waals surface area contributed by atoms with Crippen molar-refractivity contribution >= 4 is 0 Å². The van der Waals surface area contributed by atoms with Gasteiger partial charge in [-0.25, -0.2) is 0 Å². The van der Waals surface area contributed by atoms with E-state index < -0.39 is 0 Å². The summed E-state index contributed by atoms with van der Waals surface area (Å²) in [6.07, 6.45) is 0.926. The number of aryl methyl sites for hydroxylation is 1. The fourth-order valence-electron chi connectivity index (χ4n) is 1.34. The monoisotopic (exact) mass is 181 g/mol. The molecular weight excluding hydrogens is 166 g/mol. The van der Waals surface area contributed by atoms with Crippen LogP contribution in [0.3, 0.4) is 0 Å². The highest BCUT2D eigenvalue weighted by atomic mass is 16.3. The van der Waals surface area contributed by atoms with Crippen LogP contribution in [-0.2, 0) is 13.2 Å². The highest BCUT2D eigenvalue weighted by molar-refractivity contribution is 5.14. The van der Waals surface area contributed by atoms with E-state index in [1.807, 2.05) is 19.9 Å². The fourth-order valence-corrected chi connectivity index (χ4v) is 1.34. The molecule has 13 heavy (non-hydrogen) atoms. The Morgan fingerprint density at radius 2 is 2.15 bits per heavy atom. The molecule has 1 heterocycles. The van der Waals surface area contributed by atoms with Crippen LogP contribution in [0.5, 0.6) is 0 Å². The summed E-state index contributed by atoms with van der Waals surface area (Å²) in [7, 11) is 0. The summed E-state index contributed by atoms with van der Waals surface area (Å²) in [5, 5.41) is 8.89. The van der Waals surface area contributed by atoms with Crippen LogP contribution in [0, 0.1) is 6.92 Å². The molecule has 1 rings (SSSR count). The summed E-state index contributed by atoms with van der Waals surface area (Å²) < 4.78 is 1.70. The van der Waals surface area contributed by atoms with Gasteiger partial charge in [0.25, 0.3) is 5.56 Å². The van der Waals surface area contributed by atoms with Gasteiger partial charge in [0.1, 0.15) is 0 Å². The zero-order valence-corrected chi connectivity index (χ0v) is 8.08. The molecule has 0 aromatic carbocycles. The maximum atomic E-state index is 11.6. The summed E-state index contributed by atoms with van der Waals surface area (Å²) in [5.41, 5.74) is 1.35. The first-order chi connectivity index (χ1) is 6.20. The largest absolute Gasteiger partial charge is 0.391 e. The molecule has 1 N–H and O–H groups in total. The summed E-state index contributed by atoms with van der Waals surface area (Å²) in [6.45, 7) is 4.47. The molecule has 0 amide bonds. The van der Waals surface area contributed by atoms with E-state index in [2.05, 4.69) is 0 Å². The van der Waals surface area contributed by atoms with Crippen molar-refractivity contribution in [3.63, 3.8) is 0 Å². The number of hydrogen-bond donors (Lipinski definition) is 1. The lowest BCUT2D eigenvalue weighted by molar-refractivity contribution is 0.279. The molecule has 0 bridgehead atoms. The predicted octanol–water partition coefficient (Wildman–Crippen LogP) is 1.06. The van der Waals surface area contributed by atoms with Crippen molar-refractivity contribution in [2.75, 3.05) is 0 Å². The first kappa shape index (κ1) is 9.99. The lowest BCUT2D eigenvalue weighted by Crippen LogP contribution is -2.25. The van der Waals surface area contributed by atoms with E-state index in [1.54, 1.807) is 10.6 Å². The summed E-state index contributed by atoms with van der Waals surface area (Å²) in [6, 6.07) is 3.55. The van der Waals surface area contributed by atoms with Gasteiger partial charge in [0.2, 0.25) is 0 Å². The second-order valence-corrected chi connectivity index (χ2v) is 3.11. The van der Waals surface area contributed by atoms with E-state index in [0.29, 0.717) is 5.56 Å². The standard InChI is InChI=1S/C10H15NO2/c1-3-6-11-8(2)4-5-9(7-12)10(11)13/h4-5,12H,3,6-7H2,1-2H3. The molecule has 0 radical (unpaired) electrons. The Morgan fingerprint density at radius 1 is 1.46 bits per heavy atom. The number of rotatable bonds is 3. The first-order valence-corrected chi connectivity index (χ1v) is 4.51. The minimum atomic E-state index is -0.178. The Kier molecular flexibility index (Phi) is 3.25. The van der Waals surface area contributed by atoms with Crippen LogP contribution in [-0.4, -0.2) is 9.67 Å². The van der Waals surface area contributed by atoms with Gasteiger partial charge in [-0.05, 0) is 25.5 Å². The van der Waals surface area contributed by atoms with Crippen molar-refractivity contribution in [2.24, 2.45) is 0 Å². The maximum absolute atomic E-state index is 11.6. The molecule has 1 aromatic rings. The van der Waals surface area contributed by atoms with E-state index in [-0.39, 0.29) is 12.2 Å². The van der Waals surface area contributed by atoms with E-state index in [0.717, 1.165) is 18.7 Å². The van der Waals surface area contributed by atoms with Gasteiger partial charge in [-0.15, -0.1) is 0 Å². The molecule has 3 nitrogen and oxygen atoms in total. The van der Waals surface area contributed by atoms with Crippen LogP contribution in [0.1, 0.15) is 24.6 Å². The van der Waals surface area contributed by atoms with Gasteiger partial charge in [0.05, 0.1) is 6.61 Å². The van der Waals surface area contributed by atoms with Crippen molar-refractivity contribution in [3.05, 3.63) is 33.7 Å². The maximum Gasteiger partial charge on any atom is 0.256 e. The Labute approximate surface area is 77.6 Å². The molecular formula is C10H15NO2. The van der Waals surface area contributed by atoms with E-state index in [1.165, 1.54) is 0 Å². The molecule has 0 spiro atoms. The third-order valence-electron chi connectivity index (χ3n) is 2.09. The van der Waals surface area contributed by atoms with Crippen LogP contribution in [0.4, 0.5) is 0 Å². The third-order valence-corrected chi connectivity index (χ3v) is 2.09. The SMILES string of the molecule is CCCn1c(C)ccc(CO)c1=O. The summed E-state index contributed by atoms with van der Waals surface area (Å²) in [4.78, 5) is 11.6. The van der Waals surface area contributed by atoms with E-state index in [4.69, 9.17) is 5.11 Å². The topological polar surface area (TPSA) is 42.2 Å². The Balaban J connectivity index is 3.22. The van der Waals surface area contributed by atoms with Gasteiger partial charge in [0.15, 0.2) is 0 Å². The van der Waals surface area contributed by atoms with Crippen molar-refractivity contribution in [1.82, 2.24) is 4.57 Å². The number of aliphatic hydroxyl groups is 1. The number of hydrogen-bond acceptors (Lipinski definition) is 2. The van der Waals surface area contributed by atoms with Crippen molar-refractivity contribution in [3.8, 4) is 0 Å². The van der Waals surface area contributed by atoms with Crippen molar-refractivity contribution < 1.29 is 5.11 Å². The smallest absolute Gasteiger partial charge is 0.256 e. The lowest BCUT2D eigenvalue weighted by atomic mass is 10.2. The van der Waals surface area contributed by atoms with Crippen LogP contribution in [0.15, 0.2) is 16.9 Å². The van der Waals surface area contributed by atoms with Gasteiger partial charge in [-0.1, -0.05) is 6.92 Å². The molecule has 1 aromatic heterocycles. The van der Waals surface area contributed by atoms with Crippen molar-refractivity contribution in [1.29, 1.82) is 0 Å². The Morgan fingerprint density at radius 3 is 2.69 bits per heavy atom. The Bertz CT molecular complexity index is 341. The Hall–Kier alpha value is -1.09. The van der Waals surface area contributed by atoms with Gasteiger partial charge in [0, 0.05) is 17.8 Å². The quantitative estimate of drug-likeness (QED) is 0.757. The number of aliphatic hydroxyl groups excluding tert-OH is 1. The predicted molar refractivity (Wildman–Crippen MR) is 51.7 cm³/mol. The van der Waals surface area contributed by atoms with Gasteiger partial charge in [-0.3, -0.25) is 4.79 Å². The second kappa shape index (κ2) is 4.23. The number of pyridine rings is 1. The molecule has 0 aliphatic heterocycles. The summed E-state index contributed by atoms with van der Waals surface area (Å²) in [5.74, 6) is 0. The molecule has 0 aliphatic rings. The molecule has 72 valence electrons. The first-order valence-electron chi connectivity index (χ1n) is 4.51. The molecule has 0 saturated heterocycles. The minimum Gasteiger partial charge on any atom is -0.391 e. The molecule has 0 unspecified atom stereocenters. The zero-order valence-electron chi connectivity index (χ0n) is 8.08. The molecule has 0 saturated carbocycles. The van der Waals surface area contributed by atoms with Gasteiger partial charge < -0.3 is 9.67 Å². The van der Waals surface area contributed by atoms with Crippen LogP contribution >= 0.6 is 0 Å². The zero-order chi connectivity index (χ0) is 9.84. The van der Waals surface area contributed by atoms with Gasteiger partial charge in [-0.2, -0.15) is 0 Å². The third kappa shape index (κ3) is 1.98. The van der Waals surface area contributed by atoms with Gasteiger partial charge >= 0.3 is 0 Å². The molecule has 0 aliphatic carbocycles. The molecule has 3 heteroatoms. The highest BCUT2D eigenvalue weighted by Gasteiger charge is 2.03. The number of aromatic nitrogens is 1. The fraction of sp³-hybridized carbons (Fsp3) is 0.500. The van der Waals surface area contributed by atoms with Crippen LogP contribution < -0.4 is 5.56 Å². The lowest BCUT2D eigenvalue weighted by Gasteiger charge is -2.09. The molecule has 0 atom stereocenters. The van der Waals surface area contributed by atoms with Crippen LogP contribution in [0.2, 0.25) is 0 Å². The average molecular weight is 181 g/mol. The highest BCUT2D eigenvalue weighted by Crippen LogP contribution is 1.99. The normalized spacial score (nSPS) is 10.4. The van der Waals surface area contributed by atoms with Crippen molar-refractivity contribution in [2.45, 2.75) is 33.4 Å². The van der Waals surface area contributed by atoms with E-state index in [9.17, 15) is 4.79 Å². The second-order valence-electron chi connectivity index (χ2n) is 3.11. The minimum absolute atomic E-state index is 0.0654. The molecule has 0 fully saturated rings. The van der Waals surface area contributed by atoms with E-state index >= 15 is 0 Å².